The number of nitrogens with two attached hydrogens (primary N) is 1. The Morgan fingerprint density at radius 1 is 1.48 bits per heavy atom. The molecule has 1 aliphatic heterocycles. The molecule has 2 rings (SSSR count). The molecule has 1 fully saturated rings. The van der Waals surface area contributed by atoms with E-state index in [0.29, 0.717) is 6.42 Å². The van der Waals surface area contributed by atoms with Crippen LogP contribution < -0.4 is 5.73 Å². The molecule has 1 amide bonds. The van der Waals surface area contributed by atoms with Gasteiger partial charge in [0.25, 0.3) is 0 Å². The molecule has 0 radical (unpaired) electrons. The number of rotatable bonds is 4. The molecule has 1 aromatic heterocycles. The lowest BCUT2D eigenvalue weighted by molar-refractivity contribution is -0.126. The number of hydrogen-bond donors (Lipinski definition) is 2. The Labute approximate surface area is 121 Å². The molecular formula is C12H16N2O6S. The van der Waals surface area contributed by atoms with Crippen LogP contribution in [0.1, 0.15) is 29.7 Å². The predicted molar refractivity (Wildman–Crippen MR) is 71.1 cm³/mol. The molecule has 3 N–H and O–H groups in total. The van der Waals surface area contributed by atoms with Crippen LogP contribution >= 0.6 is 0 Å². The normalized spacial score (nSPS) is 23.3. The van der Waals surface area contributed by atoms with Crippen molar-refractivity contribution in [3.63, 3.8) is 0 Å². The van der Waals surface area contributed by atoms with Crippen molar-refractivity contribution >= 4 is 21.9 Å². The van der Waals surface area contributed by atoms with E-state index in [4.69, 9.17) is 15.3 Å². The van der Waals surface area contributed by atoms with Gasteiger partial charge in [0.1, 0.15) is 10.7 Å². The summed E-state index contributed by atoms with van der Waals surface area (Å²) in [5.41, 5.74) is 4.38. The Bertz CT molecular complexity index is 707. The van der Waals surface area contributed by atoms with Gasteiger partial charge in [-0.3, -0.25) is 4.79 Å². The van der Waals surface area contributed by atoms with E-state index in [0.717, 1.165) is 10.4 Å². The molecule has 0 bridgehead atoms. The minimum atomic E-state index is -3.92. The van der Waals surface area contributed by atoms with E-state index in [1.165, 1.54) is 6.92 Å². The number of furan rings is 1. The molecule has 116 valence electrons. The number of hydrogen-bond acceptors (Lipinski definition) is 5. The largest absolute Gasteiger partial charge is 0.475 e. The van der Waals surface area contributed by atoms with Gasteiger partial charge in [0.2, 0.25) is 21.7 Å². The van der Waals surface area contributed by atoms with Gasteiger partial charge in [0.15, 0.2) is 0 Å². The fourth-order valence-electron chi connectivity index (χ4n) is 2.29. The fourth-order valence-corrected chi connectivity index (χ4v) is 4.02. The number of nitrogens with zero attached hydrogens (tertiary/aromatic N) is 1. The fraction of sp³-hybridized carbons (Fsp3) is 0.500. The zero-order valence-corrected chi connectivity index (χ0v) is 12.4. The SMILES string of the molecule is Cc1oc(C(=O)O)cc1S(=O)(=O)N1CCC(C)(C(N)=O)C1. The van der Waals surface area contributed by atoms with E-state index < -0.39 is 33.1 Å². The summed E-state index contributed by atoms with van der Waals surface area (Å²) in [4.78, 5) is 22.0. The van der Waals surface area contributed by atoms with E-state index >= 15 is 0 Å². The second-order valence-corrected chi connectivity index (χ2v) is 7.26. The van der Waals surface area contributed by atoms with Gasteiger partial charge in [-0.1, -0.05) is 0 Å². The number of carboxylic acid groups (broad SMARTS) is 1. The minimum absolute atomic E-state index is 0.0000723. The van der Waals surface area contributed by atoms with Crippen molar-refractivity contribution in [1.29, 1.82) is 0 Å². The lowest BCUT2D eigenvalue weighted by Gasteiger charge is -2.20. The molecule has 2 heterocycles. The second kappa shape index (κ2) is 4.85. The summed E-state index contributed by atoms with van der Waals surface area (Å²) in [5, 5.41) is 8.85. The number of carbonyl (C=O) groups excluding carboxylic acids is 1. The van der Waals surface area contributed by atoms with Gasteiger partial charge < -0.3 is 15.3 Å². The Kier molecular flexibility index (Phi) is 3.58. The van der Waals surface area contributed by atoms with Gasteiger partial charge in [-0.15, -0.1) is 0 Å². The molecule has 1 unspecified atom stereocenters. The van der Waals surface area contributed by atoms with Crippen LogP contribution in [0.4, 0.5) is 0 Å². The summed E-state index contributed by atoms with van der Waals surface area (Å²) in [5.74, 6) is -2.35. The highest BCUT2D eigenvalue weighted by molar-refractivity contribution is 7.89. The number of amides is 1. The minimum Gasteiger partial charge on any atom is -0.475 e. The summed E-state index contributed by atoms with van der Waals surface area (Å²) in [6, 6.07) is 0.979. The van der Waals surface area contributed by atoms with Crippen LogP contribution in [-0.2, 0) is 14.8 Å². The van der Waals surface area contributed by atoms with Crippen molar-refractivity contribution in [2.24, 2.45) is 11.1 Å². The molecular weight excluding hydrogens is 300 g/mol. The molecule has 21 heavy (non-hydrogen) atoms. The van der Waals surface area contributed by atoms with E-state index in [9.17, 15) is 18.0 Å². The summed E-state index contributed by atoms with van der Waals surface area (Å²) >= 11 is 0. The number of primary amides is 1. The Balaban J connectivity index is 2.36. The van der Waals surface area contributed by atoms with Gasteiger partial charge in [-0.05, 0) is 20.3 Å². The molecule has 1 aliphatic rings. The van der Waals surface area contributed by atoms with E-state index in [1.54, 1.807) is 6.92 Å². The Hall–Kier alpha value is -1.87. The number of sulfonamides is 1. The number of aryl methyl sites for hydroxylation is 1. The van der Waals surface area contributed by atoms with Crippen LogP contribution in [0.5, 0.6) is 0 Å². The first-order valence-electron chi connectivity index (χ1n) is 6.22. The topological polar surface area (TPSA) is 131 Å². The third-order valence-corrected chi connectivity index (χ3v) is 5.69. The maximum atomic E-state index is 12.5. The van der Waals surface area contributed by atoms with Crippen LogP contribution in [0.3, 0.4) is 0 Å². The van der Waals surface area contributed by atoms with Gasteiger partial charge in [-0.25, -0.2) is 13.2 Å². The van der Waals surface area contributed by atoms with Crippen LogP contribution in [-0.4, -0.2) is 42.8 Å². The Morgan fingerprint density at radius 2 is 2.10 bits per heavy atom. The third kappa shape index (κ3) is 2.54. The van der Waals surface area contributed by atoms with Crippen LogP contribution in [0.2, 0.25) is 0 Å². The monoisotopic (exact) mass is 316 g/mol. The van der Waals surface area contributed by atoms with Crippen LogP contribution in [0, 0.1) is 12.3 Å². The first-order valence-corrected chi connectivity index (χ1v) is 7.66. The number of aromatic carboxylic acids is 1. The second-order valence-electron chi connectivity index (χ2n) is 5.35. The molecule has 1 atom stereocenters. The van der Waals surface area contributed by atoms with E-state index in [-0.39, 0.29) is 23.7 Å². The summed E-state index contributed by atoms with van der Waals surface area (Å²) in [7, 11) is -3.92. The van der Waals surface area contributed by atoms with Crippen molar-refractivity contribution in [2.75, 3.05) is 13.1 Å². The summed E-state index contributed by atoms with van der Waals surface area (Å²) < 4.78 is 31.1. The quantitative estimate of drug-likeness (QED) is 0.814. The van der Waals surface area contributed by atoms with Gasteiger partial charge in [-0.2, -0.15) is 4.31 Å². The smallest absolute Gasteiger partial charge is 0.371 e. The number of carboxylic acids is 1. The number of carbonyl (C=O) groups is 2. The van der Waals surface area contributed by atoms with Crippen molar-refractivity contribution < 1.29 is 27.5 Å². The highest BCUT2D eigenvalue weighted by Gasteiger charge is 2.44. The molecule has 0 aliphatic carbocycles. The standard InChI is InChI=1S/C12H16N2O6S/c1-7-9(5-8(20-7)10(15)16)21(18,19)14-4-3-12(2,6-14)11(13)17/h5H,3-4,6H2,1-2H3,(H2,13,17)(H,15,16). The van der Waals surface area contributed by atoms with Crippen molar-refractivity contribution in [3.8, 4) is 0 Å². The van der Waals surface area contributed by atoms with Gasteiger partial charge in [0, 0.05) is 19.2 Å². The molecule has 1 saturated heterocycles. The average molecular weight is 316 g/mol. The predicted octanol–water partition coefficient (Wildman–Crippen LogP) is 0.172. The maximum absolute atomic E-state index is 12.5. The van der Waals surface area contributed by atoms with Crippen molar-refractivity contribution in [1.82, 2.24) is 4.31 Å². The third-order valence-electron chi connectivity index (χ3n) is 3.73. The molecule has 9 heteroatoms. The van der Waals surface area contributed by atoms with Crippen LogP contribution in [0.15, 0.2) is 15.4 Å². The van der Waals surface area contributed by atoms with Gasteiger partial charge in [0.05, 0.1) is 5.41 Å². The van der Waals surface area contributed by atoms with Crippen LogP contribution in [0.25, 0.3) is 0 Å². The average Bonchev–Trinajstić information content (AvgIpc) is 2.94. The highest BCUT2D eigenvalue weighted by Crippen LogP contribution is 2.34. The molecule has 8 nitrogen and oxygen atoms in total. The summed E-state index contributed by atoms with van der Waals surface area (Å²) in [6.45, 7) is 3.10. The lowest BCUT2D eigenvalue weighted by atomic mass is 9.89. The molecule has 0 spiro atoms. The Morgan fingerprint density at radius 3 is 2.52 bits per heavy atom. The molecule has 1 aromatic rings. The first kappa shape index (κ1) is 15.5. The highest BCUT2D eigenvalue weighted by atomic mass is 32.2. The van der Waals surface area contributed by atoms with E-state index in [2.05, 4.69) is 0 Å². The first-order chi connectivity index (χ1) is 9.58. The van der Waals surface area contributed by atoms with Crippen molar-refractivity contribution in [2.45, 2.75) is 25.2 Å². The van der Waals surface area contributed by atoms with Gasteiger partial charge >= 0.3 is 5.97 Å². The van der Waals surface area contributed by atoms with Crippen molar-refractivity contribution in [3.05, 3.63) is 17.6 Å². The molecule has 0 aromatic carbocycles. The maximum Gasteiger partial charge on any atom is 0.371 e. The molecule has 0 saturated carbocycles. The summed E-state index contributed by atoms with van der Waals surface area (Å²) in [6.07, 6.45) is 0.324. The zero-order valence-electron chi connectivity index (χ0n) is 11.6. The van der Waals surface area contributed by atoms with E-state index in [1.807, 2.05) is 0 Å². The lowest BCUT2D eigenvalue weighted by Crippen LogP contribution is -2.38. The zero-order chi connectivity index (χ0) is 16.0.